The van der Waals surface area contributed by atoms with Gasteiger partial charge in [-0.3, -0.25) is 9.78 Å². The summed E-state index contributed by atoms with van der Waals surface area (Å²) in [4.78, 5) is 23.3. The molecule has 3 heterocycles. The van der Waals surface area contributed by atoms with Crippen LogP contribution in [0.25, 0.3) is 0 Å². The number of carbonyl (C=O) groups excluding carboxylic acids is 1. The van der Waals surface area contributed by atoms with Gasteiger partial charge in [-0.25, -0.2) is 4.98 Å². The van der Waals surface area contributed by atoms with Crippen molar-refractivity contribution in [1.82, 2.24) is 14.9 Å². The lowest BCUT2D eigenvalue weighted by Gasteiger charge is -2.26. The van der Waals surface area contributed by atoms with Gasteiger partial charge in [0.05, 0.1) is 11.7 Å². The van der Waals surface area contributed by atoms with Crippen molar-refractivity contribution >= 4 is 11.7 Å². The van der Waals surface area contributed by atoms with E-state index in [0.29, 0.717) is 11.4 Å². The van der Waals surface area contributed by atoms with E-state index in [2.05, 4.69) is 21.4 Å². The smallest absolute Gasteiger partial charge is 0.254 e. The van der Waals surface area contributed by atoms with Gasteiger partial charge in [0.25, 0.3) is 5.91 Å². The zero-order valence-electron chi connectivity index (χ0n) is 14.3. The zero-order valence-corrected chi connectivity index (χ0v) is 14.3. The summed E-state index contributed by atoms with van der Waals surface area (Å²) in [7, 11) is 0. The predicted octanol–water partition coefficient (Wildman–Crippen LogP) is 3.58. The van der Waals surface area contributed by atoms with Gasteiger partial charge < -0.3 is 10.2 Å². The number of pyridine rings is 2. The fourth-order valence-electron chi connectivity index (χ4n) is 3.01. The lowest BCUT2D eigenvalue weighted by atomic mass is 10.1. The highest BCUT2D eigenvalue weighted by Gasteiger charge is 2.19. The third kappa shape index (κ3) is 3.91. The van der Waals surface area contributed by atoms with Crippen molar-refractivity contribution in [2.24, 2.45) is 0 Å². The number of amides is 1. The molecule has 1 atom stereocenters. The molecule has 5 nitrogen and oxygen atoms in total. The van der Waals surface area contributed by atoms with Gasteiger partial charge in [0, 0.05) is 31.0 Å². The Morgan fingerprint density at radius 3 is 2.62 bits per heavy atom. The Morgan fingerprint density at radius 2 is 1.88 bits per heavy atom. The molecule has 1 fully saturated rings. The van der Waals surface area contributed by atoms with Crippen molar-refractivity contribution in [1.29, 1.82) is 0 Å². The van der Waals surface area contributed by atoms with Crippen LogP contribution in [0.4, 0.5) is 5.82 Å². The minimum absolute atomic E-state index is 0.0257. The normalized spacial score (nSPS) is 15.8. The quantitative estimate of drug-likeness (QED) is 0.934. The summed E-state index contributed by atoms with van der Waals surface area (Å²) in [6.07, 6.45) is 6.91. The Morgan fingerprint density at radius 1 is 1.12 bits per heavy atom. The maximum atomic E-state index is 12.6. The Balaban J connectivity index is 1.71. The molecule has 126 valence electrons. The molecule has 1 aliphatic rings. The molecule has 0 spiro atoms. The number of hydrogen-bond acceptors (Lipinski definition) is 4. The molecule has 1 aliphatic heterocycles. The van der Waals surface area contributed by atoms with E-state index < -0.39 is 0 Å². The summed E-state index contributed by atoms with van der Waals surface area (Å²) in [6, 6.07) is 7.69. The zero-order chi connectivity index (χ0) is 16.9. The fraction of sp³-hybridized carbons (Fsp3) is 0.421. The van der Waals surface area contributed by atoms with Crippen LogP contribution in [0.1, 0.15) is 53.8 Å². The molecular formula is C19H24N4O. The molecule has 1 unspecified atom stereocenters. The van der Waals surface area contributed by atoms with E-state index in [9.17, 15) is 4.79 Å². The summed E-state index contributed by atoms with van der Waals surface area (Å²) in [5, 5.41) is 3.34. The summed E-state index contributed by atoms with van der Waals surface area (Å²) >= 11 is 0. The molecule has 1 N–H and O–H groups in total. The number of anilines is 1. The topological polar surface area (TPSA) is 58.1 Å². The highest BCUT2D eigenvalue weighted by molar-refractivity contribution is 5.94. The summed E-state index contributed by atoms with van der Waals surface area (Å²) < 4.78 is 0. The van der Waals surface area contributed by atoms with Crippen LogP contribution in [-0.2, 0) is 0 Å². The molecule has 1 amide bonds. The Bertz CT molecular complexity index is 710. The number of carbonyl (C=O) groups is 1. The molecule has 0 saturated carbocycles. The van der Waals surface area contributed by atoms with Gasteiger partial charge in [0.15, 0.2) is 0 Å². The van der Waals surface area contributed by atoms with Gasteiger partial charge in [0.2, 0.25) is 0 Å². The van der Waals surface area contributed by atoms with Crippen LogP contribution in [0.2, 0.25) is 0 Å². The van der Waals surface area contributed by atoms with E-state index in [4.69, 9.17) is 0 Å². The first-order valence-corrected chi connectivity index (χ1v) is 8.58. The minimum Gasteiger partial charge on any atom is -0.362 e. The van der Waals surface area contributed by atoms with Crippen LogP contribution in [0.15, 0.2) is 36.7 Å². The SMILES string of the molecule is Cc1ccnc(C(C)Nc2cc(C(=O)N3CCCCC3)ccn2)c1. The van der Waals surface area contributed by atoms with E-state index in [1.165, 1.54) is 12.0 Å². The first-order chi connectivity index (χ1) is 11.6. The van der Waals surface area contributed by atoms with Crippen LogP contribution >= 0.6 is 0 Å². The number of hydrogen-bond donors (Lipinski definition) is 1. The number of likely N-dealkylation sites (tertiary alicyclic amines) is 1. The molecular weight excluding hydrogens is 300 g/mol. The van der Waals surface area contributed by atoms with Crippen molar-refractivity contribution < 1.29 is 4.79 Å². The van der Waals surface area contributed by atoms with Crippen molar-refractivity contribution in [2.45, 2.75) is 39.2 Å². The maximum Gasteiger partial charge on any atom is 0.254 e. The molecule has 1 saturated heterocycles. The van der Waals surface area contributed by atoms with Gasteiger partial charge in [-0.15, -0.1) is 0 Å². The van der Waals surface area contributed by atoms with Gasteiger partial charge in [-0.05, 0) is 62.9 Å². The van der Waals surface area contributed by atoms with E-state index in [-0.39, 0.29) is 11.9 Å². The molecule has 2 aromatic heterocycles. The Labute approximate surface area is 143 Å². The fourth-order valence-corrected chi connectivity index (χ4v) is 3.01. The number of aryl methyl sites for hydroxylation is 1. The summed E-state index contributed by atoms with van der Waals surface area (Å²) in [5.74, 6) is 0.801. The van der Waals surface area contributed by atoms with Crippen molar-refractivity contribution in [2.75, 3.05) is 18.4 Å². The van der Waals surface area contributed by atoms with Gasteiger partial charge in [-0.2, -0.15) is 0 Å². The third-order valence-electron chi connectivity index (χ3n) is 4.39. The van der Waals surface area contributed by atoms with Crippen LogP contribution in [0.5, 0.6) is 0 Å². The number of rotatable bonds is 4. The van der Waals surface area contributed by atoms with Crippen LogP contribution in [0, 0.1) is 6.92 Å². The molecule has 2 aromatic rings. The van der Waals surface area contributed by atoms with Gasteiger partial charge in [0.1, 0.15) is 5.82 Å². The van der Waals surface area contributed by atoms with Gasteiger partial charge in [-0.1, -0.05) is 0 Å². The molecule has 0 bridgehead atoms. The maximum absolute atomic E-state index is 12.6. The lowest BCUT2D eigenvalue weighted by Crippen LogP contribution is -2.35. The van der Waals surface area contributed by atoms with Crippen molar-refractivity contribution in [3.63, 3.8) is 0 Å². The first-order valence-electron chi connectivity index (χ1n) is 8.58. The average molecular weight is 324 g/mol. The molecule has 24 heavy (non-hydrogen) atoms. The molecule has 0 aromatic carbocycles. The number of nitrogens with zero attached hydrogens (tertiary/aromatic N) is 3. The van der Waals surface area contributed by atoms with E-state index >= 15 is 0 Å². The summed E-state index contributed by atoms with van der Waals surface area (Å²) in [5.41, 5.74) is 2.83. The standard InChI is InChI=1S/C19H24N4O/c1-14-6-8-20-17(12-14)15(2)22-18-13-16(7-9-21-18)19(24)23-10-4-3-5-11-23/h6-9,12-13,15H,3-5,10-11H2,1-2H3,(H,21,22). The Hall–Kier alpha value is -2.43. The van der Waals surface area contributed by atoms with Crippen molar-refractivity contribution in [3.05, 3.63) is 53.5 Å². The molecule has 5 heteroatoms. The average Bonchev–Trinajstić information content (AvgIpc) is 2.62. The number of nitrogens with one attached hydrogen (secondary N) is 1. The van der Waals surface area contributed by atoms with Crippen LogP contribution in [-0.4, -0.2) is 33.9 Å². The predicted molar refractivity (Wildman–Crippen MR) is 95.0 cm³/mol. The minimum atomic E-state index is 0.0257. The number of aromatic nitrogens is 2. The Kier molecular flexibility index (Phi) is 5.08. The van der Waals surface area contributed by atoms with Gasteiger partial charge >= 0.3 is 0 Å². The number of piperidine rings is 1. The monoisotopic (exact) mass is 324 g/mol. The van der Waals surface area contributed by atoms with Crippen LogP contribution < -0.4 is 5.32 Å². The highest BCUT2D eigenvalue weighted by atomic mass is 16.2. The van der Waals surface area contributed by atoms with E-state index in [1.807, 2.05) is 37.1 Å². The molecule has 0 aliphatic carbocycles. The van der Waals surface area contributed by atoms with E-state index in [1.54, 1.807) is 12.3 Å². The second kappa shape index (κ2) is 7.43. The van der Waals surface area contributed by atoms with Crippen molar-refractivity contribution in [3.8, 4) is 0 Å². The largest absolute Gasteiger partial charge is 0.362 e. The van der Waals surface area contributed by atoms with E-state index in [0.717, 1.165) is 31.6 Å². The molecule has 3 rings (SSSR count). The van der Waals surface area contributed by atoms with Crippen LogP contribution in [0.3, 0.4) is 0 Å². The highest BCUT2D eigenvalue weighted by Crippen LogP contribution is 2.19. The molecule has 0 radical (unpaired) electrons. The third-order valence-corrected chi connectivity index (χ3v) is 4.39. The lowest BCUT2D eigenvalue weighted by molar-refractivity contribution is 0.0724. The first kappa shape index (κ1) is 16.4. The second-order valence-electron chi connectivity index (χ2n) is 6.41. The summed E-state index contributed by atoms with van der Waals surface area (Å²) in [6.45, 7) is 5.80. The second-order valence-corrected chi connectivity index (χ2v) is 6.41.